The number of ether oxygens (including phenoxy) is 2. The van der Waals surface area contributed by atoms with Crippen LogP contribution in [0.25, 0.3) is 10.9 Å². The Labute approximate surface area is 183 Å². The minimum atomic E-state index is -1.05. The Hall–Kier alpha value is -2.52. The number of nitrogens with one attached hydrogen (secondary N) is 1. The zero-order chi connectivity index (χ0) is 21.1. The molecule has 30 heavy (non-hydrogen) atoms. The summed E-state index contributed by atoms with van der Waals surface area (Å²) in [7, 11) is 1.50. The number of aromatic carboxylic acids is 1. The van der Waals surface area contributed by atoms with E-state index < -0.39 is 5.97 Å². The molecule has 9 heteroatoms. The molecule has 7 nitrogen and oxygen atoms in total. The van der Waals surface area contributed by atoms with E-state index in [1.165, 1.54) is 13.2 Å². The van der Waals surface area contributed by atoms with Gasteiger partial charge in [0.1, 0.15) is 5.75 Å². The minimum absolute atomic E-state index is 0.115. The van der Waals surface area contributed by atoms with Gasteiger partial charge >= 0.3 is 5.97 Å². The molecule has 156 valence electrons. The maximum absolute atomic E-state index is 11.8. The first-order valence-electron chi connectivity index (χ1n) is 9.32. The van der Waals surface area contributed by atoms with Crippen molar-refractivity contribution in [2.45, 2.75) is 4.90 Å². The van der Waals surface area contributed by atoms with E-state index in [-0.39, 0.29) is 5.56 Å². The first-order chi connectivity index (χ1) is 14.5. The van der Waals surface area contributed by atoms with Gasteiger partial charge in [0.2, 0.25) is 0 Å². The highest BCUT2D eigenvalue weighted by Gasteiger charge is 2.19. The average Bonchev–Trinajstić information content (AvgIpc) is 2.76. The van der Waals surface area contributed by atoms with Crippen molar-refractivity contribution in [1.82, 2.24) is 9.29 Å². The van der Waals surface area contributed by atoms with Crippen LogP contribution in [-0.2, 0) is 4.74 Å². The standard InChI is InChI=1S/C21H20ClN3O4S/c1-28-14-3-5-18(16(11-14)21(26)27)24-20-15-10-13(22)2-4-17(15)23-12-19(20)30-25-6-8-29-9-7-25/h2-5,10-12H,6-9H2,1H3,(H,23,24)(H,26,27). The Kier molecular flexibility index (Phi) is 6.29. The predicted molar refractivity (Wildman–Crippen MR) is 118 cm³/mol. The summed E-state index contributed by atoms with van der Waals surface area (Å²) in [6, 6.07) is 10.4. The van der Waals surface area contributed by atoms with E-state index in [0.717, 1.165) is 34.6 Å². The van der Waals surface area contributed by atoms with Crippen molar-refractivity contribution in [1.29, 1.82) is 0 Å². The van der Waals surface area contributed by atoms with Crippen molar-refractivity contribution < 1.29 is 19.4 Å². The van der Waals surface area contributed by atoms with Gasteiger partial charge in [0, 0.05) is 29.7 Å². The fourth-order valence-electron chi connectivity index (χ4n) is 3.19. The van der Waals surface area contributed by atoms with Crippen LogP contribution in [0.1, 0.15) is 10.4 Å². The summed E-state index contributed by atoms with van der Waals surface area (Å²) in [5.74, 6) is -0.571. The molecule has 2 aromatic carbocycles. The second-order valence-electron chi connectivity index (χ2n) is 6.63. The molecule has 1 fully saturated rings. The van der Waals surface area contributed by atoms with E-state index in [2.05, 4.69) is 14.6 Å². The number of hydrogen-bond donors (Lipinski definition) is 2. The average molecular weight is 446 g/mol. The highest BCUT2D eigenvalue weighted by Crippen LogP contribution is 2.39. The lowest BCUT2D eigenvalue weighted by molar-refractivity contribution is 0.0697. The van der Waals surface area contributed by atoms with E-state index in [4.69, 9.17) is 21.1 Å². The molecule has 0 spiro atoms. The SMILES string of the molecule is COc1ccc(Nc2c(SN3CCOCC3)cnc3ccc(Cl)cc23)c(C(=O)O)c1. The van der Waals surface area contributed by atoms with E-state index in [9.17, 15) is 9.90 Å². The predicted octanol–water partition coefficient (Wildman–Crippen LogP) is 4.68. The molecule has 2 N–H and O–H groups in total. The zero-order valence-corrected chi connectivity index (χ0v) is 17.8. The lowest BCUT2D eigenvalue weighted by Crippen LogP contribution is -2.31. The maximum atomic E-state index is 11.8. The van der Waals surface area contributed by atoms with Gasteiger partial charge in [-0.05, 0) is 48.3 Å². The van der Waals surface area contributed by atoms with Crippen molar-refractivity contribution in [3.05, 3.63) is 53.2 Å². The highest BCUT2D eigenvalue weighted by molar-refractivity contribution is 7.97. The molecule has 0 amide bonds. The van der Waals surface area contributed by atoms with Crippen molar-refractivity contribution in [2.24, 2.45) is 0 Å². The van der Waals surface area contributed by atoms with Crippen LogP contribution in [0.4, 0.5) is 11.4 Å². The molecule has 2 heterocycles. The van der Waals surface area contributed by atoms with Crippen molar-refractivity contribution >= 4 is 51.8 Å². The number of aromatic nitrogens is 1. The lowest BCUT2D eigenvalue weighted by atomic mass is 10.1. The quantitative estimate of drug-likeness (QED) is 0.529. The molecule has 0 atom stereocenters. The first kappa shape index (κ1) is 20.7. The molecule has 3 aromatic rings. The normalized spacial score (nSPS) is 14.6. The number of fused-ring (bicyclic) bond motifs is 1. The third-order valence-corrected chi connectivity index (χ3v) is 6.07. The Morgan fingerprint density at radius 1 is 1.27 bits per heavy atom. The molecule has 1 aliphatic rings. The summed E-state index contributed by atoms with van der Waals surface area (Å²) in [6.45, 7) is 2.93. The van der Waals surface area contributed by atoms with Gasteiger partial charge in [0.05, 0.1) is 47.7 Å². The van der Waals surface area contributed by atoms with E-state index in [0.29, 0.717) is 29.7 Å². The number of hydrogen-bond acceptors (Lipinski definition) is 7. The Morgan fingerprint density at radius 2 is 2.07 bits per heavy atom. The van der Waals surface area contributed by atoms with Crippen LogP contribution in [0, 0.1) is 0 Å². The molecule has 0 radical (unpaired) electrons. The summed E-state index contributed by atoms with van der Waals surface area (Å²) in [4.78, 5) is 17.3. The topological polar surface area (TPSA) is 83.9 Å². The van der Waals surface area contributed by atoms with Gasteiger partial charge in [-0.1, -0.05) is 11.6 Å². The van der Waals surface area contributed by atoms with Crippen molar-refractivity contribution in [2.75, 3.05) is 38.7 Å². The fourth-order valence-corrected chi connectivity index (χ4v) is 4.33. The third-order valence-electron chi connectivity index (χ3n) is 4.71. The van der Waals surface area contributed by atoms with Crippen LogP contribution in [0.3, 0.4) is 0 Å². The van der Waals surface area contributed by atoms with Crippen LogP contribution in [0.2, 0.25) is 5.02 Å². The van der Waals surface area contributed by atoms with Crippen LogP contribution < -0.4 is 10.1 Å². The number of nitrogens with zero attached hydrogens (tertiary/aromatic N) is 2. The van der Waals surface area contributed by atoms with E-state index in [1.54, 1.807) is 36.3 Å². The lowest BCUT2D eigenvalue weighted by Gasteiger charge is -2.26. The number of pyridine rings is 1. The zero-order valence-electron chi connectivity index (χ0n) is 16.2. The summed E-state index contributed by atoms with van der Waals surface area (Å²) >= 11 is 7.83. The largest absolute Gasteiger partial charge is 0.497 e. The van der Waals surface area contributed by atoms with Gasteiger partial charge in [-0.3, -0.25) is 4.98 Å². The molecular weight excluding hydrogens is 426 g/mol. The molecule has 0 unspecified atom stereocenters. The molecule has 0 aliphatic carbocycles. The second-order valence-corrected chi connectivity index (χ2v) is 8.21. The number of methoxy groups -OCH3 is 1. The van der Waals surface area contributed by atoms with Gasteiger partial charge in [-0.15, -0.1) is 0 Å². The third kappa shape index (κ3) is 4.46. The number of halogens is 1. The Balaban J connectivity index is 1.80. The first-order valence-corrected chi connectivity index (χ1v) is 10.5. The molecule has 1 aliphatic heterocycles. The van der Waals surface area contributed by atoms with Crippen LogP contribution in [0.5, 0.6) is 5.75 Å². The summed E-state index contributed by atoms with van der Waals surface area (Å²) in [5.41, 5.74) is 2.09. The second kappa shape index (κ2) is 9.09. The smallest absolute Gasteiger partial charge is 0.337 e. The number of carbonyl (C=O) groups is 1. The summed E-state index contributed by atoms with van der Waals surface area (Å²) in [6.07, 6.45) is 1.79. The van der Waals surface area contributed by atoms with Gasteiger partial charge < -0.3 is 19.9 Å². The van der Waals surface area contributed by atoms with Crippen LogP contribution in [-0.4, -0.2) is 53.8 Å². The number of anilines is 2. The Morgan fingerprint density at radius 3 is 2.80 bits per heavy atom. The highest BCUT2D eigenvalue weighted by atomic mass is 35.5. The maximum Gasteiger partial charge on any atom is 0.337 e. The fraction of sp³-hybridized carbons (Fsp3) is 0.238. The number of rotatable bonds is 6. The van der Waals surface area contributed by atoms with Crippen molar-refractivity contribution in [3.8, 4) is 5.75 Å². The molecule has 0 saturated carbocycles. The minimum Gasteiger partial charge on any atom is -0.497 e. The Bertz CT molecular complexity index is 1090. The molecular formula is C21H20ClN3O4S. The van der Waals surface area contributed by atoms with Gasteiger partial charge in [-0.2, -0.15) is 0 Å². The summed E-state index contributed by atoms with van der Waals surface area (Å²) < 4.78 is 12.8. The van der Waals surface area contributed by atoms with Gasteiger partial charge in [0.25, 0.3) is 0 Å². The number of morpholine rings is 1. The molecule has 4 rings (SSSR count). The molecule has 1 aromatic heterocycles. The number of carboxylic acids is 1. The van der Waals surface area contributed by atoms with E-state index >= 15 is 0 Å². The molecule has 0 bridgehead atoms. The van der Waals surface area contributed by atoms with Gasteiger partial charge in [0.15, 0.2) is 0 Å². The summed E-state index contributed by atoms with van der Waals surface area (Å²) in [5, 5.41) is 14.4. The monoisotopic (exact) mass is 445 g/mol. The van der Waals surface area contributed by atoms with E-state index in [1.807, 2.05) is 12.1 Å². The van der Waals surface area contributed by atoms with Crippen molar-refractivity contribution in [3.63, 3.8) is 0 Å². The van der Waals surface area contributed by atoms with Crippen LogP contribution >= 0.6 is 23.5 Å². The number of benzene rings is 2. The van der Waals surface area contributed by atoms with Gasteiger partial charge in [-0.25, -0.2) is 9.10 Å². The van der Waals surface area contributed by atoms with Crippen LogP contribution in [0.15, 0.2) is 47.5 Å². The number of carboxylic acid groups (broad SMARTS) is 1. The molecule has 1 saturated heterocycles.